The Balaban J connectivity index is 2.25. The fourth-order valence-electron chi connectivity index (χ4n) is 1.42. The van der Waals surface area contributed by atoms with Gasteiger partial charge < -0.3 is 10.4 Å². The Bertz CT molecular complexity index is 336. The van der Waals surface area contributed by atoms with Crippen LogP contribution in [0, 0.1) is 6.92 Å². The van der Waals surface area contributed by atoms with E-state index in [4.69, 9.17) is 5.11 Å². The SMILES string of the molecule is Cc1cnn(CCC(=O)NC(C)CCO)c1. The van der Waals surface area contributed by atoms with Crippen molar-refractivity contribution >= 4 is 5.91 Å². The fourth-order valence-corrected chi connectivity index (χ4v) is 1.42. The summed E-state index contributed by atoms with van der Waals surface area (Å²) in [7, 11) is 0. The minimum atomic E-state index is -0.00546. The summed E-state index contributed by atoms with van der Waals surface area (Å²) in [6.07, 6.45) is 4.68. The number of aliphatic hydroxyl groups excluding tert-OH is 1. The number of aliphatic hydroxyl groups is 1. The Labute approximate surface area is 95.5 Å². The van der Waals surface area contributed by atoms with Crippen LogP contribution in [-0.2, 0) is 11.3 Å². The van der Waals surface area contributed by atoms with Crippen molar-refractivity contribution in [3.8, 4) is 0 Å². The summed E-state index contributed by atoms with van der Waals surface area (Å²) in [6, 6.07) is 0.0249. The minimum absolute atomic E-state index is 0.00546. The molecule has 0 aliphatic carbocycles. The van der Waals surface area contributed by atoms with E-state index in [9.17, 15) is 4.79 Å². The van der Waals surface area contributed by atoms with Crippen molar-refractivity contribution in [2.45, 2.75) is 39.3 Å². The molecular weight excluding hydrogens is 206 g/mol. The van der Waals surface area contributed by atoms with Crippen LogP contribution in [0.3, 0.4) is 0 Å². The van der Waals surface area contributed by atoms with Gasteiger partial charge in [0.25, 0.3) is 0 Å². The van der Waals surface area contributed by atoms with E-state index in [1.54, 1.807) is 10.9 Å². The first-order chi connectivity index (χ1) is 7.61. The van der Waals surface area contributed by atoms with Crippen molar-refractivity contribution in [2.75, 3.05) is 6.61 Å². The summed E-state index contributed by atoms with van der Waals surface area (Å²) in [5.41, 5.74) is 1.09. The van der Waals surface area contributed by atoms with Crippen LogP contribution in [0.2, 0.25) is 0 Å². The molecule has 90 valence electrons. The van der Waals surface area contributed by atoms with Crippen molar-refractivity contribution in [1.82, 2.24) is 15.1 Å². The number of nitrogens with zero attached hydrogens (tertiary/aromatic N) is 2. The van der Waals surface area contributed by atoms with Crippen molar-refractivity contribution < 1.29 is 9.90 Å². The molecule has 0 saturated heterocycles. The van der Waals surface area contributed by atoms with Gasteiger partial charge in [-0.15, -0.1) is 0 Å². The molecule has 2 N–H and O–H groups in total. The van der Waals surface area contributed by atoms with Crippen molar-refractivity contribution in [1.29, 1.82) is 0 Å². The lowest BCUT2D eigenvalue weighted by molar-refractivity contribution is -0.122. The second-order valence-corrected chi connectivity index (χ2v) is 4.01. The van der Waals surface area contributed by atoms with E-state index in [0.717, 1.165) is 5.56 Å². The molecule has 1 amide bonds. The average Bonchev–Trinajstić information content (AvgIpc) is 2.61. The Morgan fingerprint density at radius 1 is 1.69 bits per heavy atom. The van der Waals surface area contributed by atoms with Gasteiger partial charge in [-0.3, -0.25) is 9.48 Å². The van der Waals surface area contributed by atoms with Crippen LogP contribution in [0.4, 0.5) is 0 Å². The van der Waals surface area contributed by atoms with Crippen molar-refractivity contribution in [3.63, 3.8) is 0 Å². The molecule has 1 aromatic heterocycles. The molecule has 0 saturated carbocycles. The molecule has 0 bridgehead atoms. The molecule has 0 aromatic carbocycles. The van der Waals surface area contributed by atoms with Gasteiger partial charge in [0.1, 0.15) is 0 Å². The van der Waals surface area contributed by atoms with E-state index >= 15 is 0 Å². The third-order valence-corrected chi connectivity index (χ3v) is 2.30. The first kappa shape index (κ1) is 12.7. The second-order valence-electron chi connectivity index (χ2n) is 4.01. The Morgan fingerprint density at radius 2 is 2.44 bits per heavy atom. The maximum atomic E-state index is 11.5. The third kappa shape index (κ3) is 4.44. The lowest BCUT2D eigenvalue weighted by Gasteiger charge is -2.12. The molecule has 1 unspecified atom stereocenters. The van der Waals surface area contributed by atoms with Gasteiger partial charge in [0.15, 0.2) is 0 Å². The number of carbonyl (C=O) groups excluding carboxylic acids is 1. The fraction of sp³-hybridized carbons (Fsp3) is 0.636. The number of aryl methyl sites for hydroxylation is 2. The number of hydrogen-bond acceptors (Lipinski definition) is 3. The molecule has 5 nitrogen and oxygen atoms in total. The number of hydrogen-bond donors (Lipinski definition) is 2. The van der Waals surface area contributed by atoms with Gasteiger partial charge in [-0.25, -0.2) is 0 Å². The highest BCUT2D eigenvalue weighted by Gasteiger charge is 2.06. The highest BCUT2D eigenvalue weighted by atomic mass is 16.3. The van der Waals surface area contributed by atoms with Gasteiger partial charge in [-0.05, 0) is 25.8 Å². The molecule has 5 heteroatoms. The maximum Gasteiger partial charge on any atom is 0.222 e. The summed E-state index contributed by atoms with van der Waals surface area (Å²) < 4.78 is 1.76. The van der Waals surface area contributed by atoms with Crippen LogP contribution in [0.5, 0.6) is 0 Å². The second kappa shape index (κ2) is 6.27. The maximum absolute atomic E-state index is 11.5. The molecule has 0 spiro atoms. The lowest BCUT2D eigenvalue weighted by atomic mass is 10.2. The average molecular weight is 225 g/mol. The van der Waals surface area contributed by atoms with Crippen LogP contribution >= 0.6 is 0 Å². The van der Waals surface area contributed by atoms with Gasteiger partial charge in [-0.1, -0.05) is 0 Å². The summed E-state index contributed by atoms with van der Waals surface area (Å²) in [5, 5.41) is 15.6. The quantitative estimate of drug-likeness (QED) is 0.739. The van der Waals surface area contributed by atoms with E-state index in [0.29, 0.717) is 19.4 Å². The molecule has 1 heterocycles. The van der Waals surface area contributed by atoms with E-state index < -0.39 is 0 Å². The highest BCUT2D eigenvalue weighted by Crippen LogP contribution is 1.97. The first-order valence-electron chi connectivity index (χ1n) is 5.51. The molecule has 0 radical (unpaired) electrons. The predicted molar refractivity (Wildman–Crippen MR) is 60.9 cm³/mol. The number of aromatic nitrogens is 2. The number of nitrogens with one attached hydrogen (secondary N) is 1. The molecule has 1 atom stereocenters. The number of carbonyl (C=O) groups is 1. The Kier molecular flexibility index (Phi) is 4.98. The highest BCUT2D eigenvalue weighted by molar-refractivity contribution is 5.76. The van der Waals surface area contributed by atoms with Crippen LogP contribution in [-0.4, -0.2) is 33.4 Å². The zero-order chi connectivity index (χ0) is 12.0. The van der Waals surface area contributed by atoms with Gasteiger partial charge in [-0.2, -0.15) is 5.10 Å². The van der Waals surface area contributed by atoms with E-state index in [2.05, 4.69) is 10.4 Å². The minimum Gasteiger partial charge on any atom is -0.396 e. The molecule has 0 fully saturated rings. The molecule has 0 aliphatic rings. The van der Waals surface area contributed by atoms with E-state index in [1.807, 2.05) is 20.0 Å². The third-order valence-electron chi connectivity index (χ3n) is 2.30. The first-order valence-corrected chi connectivity index (χ1v) is 5.51. The van der Waals surface area contributed by atoms with Crippen LogP contribution in [0.1, 0.15) is 25.3 Å². The van der Waals surface area contributed by atoms with Crippen molar-refractivity contribution in [3.05, 3.63) is 18.0 Å². The largest absolute Gasteiger partial charge is 0.396 e. The summed E-state index contributed by atoms with van der Waals surface area (Å²) in [5.74, 6) is -0.00546. The van der Waals surface area contributed by atoms with Crippen LogP contribution < -0.4 is 5.32 Å². The van der Waals surface area contributed by atoms with Gasteiger partial charge in [0.05, 0.1) is 6.20 Å². The standard InChI is InChI=1S/C11H19N3O2/c1-9-7-12-14(8-9)5-3-11(16)13-10(2)4-6-15/h7-8,10,15H,3-6H2,1-2H3,(H,13,16). The zero-order valence-electron chi connectivity index (χ0n) is 9.81. The molecule has 16 heavy (non-hydrogen) atoms. The zero-order valence-corrected chi connectivity index (χ0v) is 9.81. The summed E-state index contributed by atoms with van der Waals surface area (Å²) in [4.78, 5) is 11.5. The van der Waals surface area contributed by atoms with Crippen molar-refractivity contribution in [2.24, 2.45) is 0 Å². The molecule has 1 aromatic rings. The number of amides is 1. The van der Waals surface area contributed by atoms with E-state index in [1.165, 1.54) is 0 Å². The Morgan fingerprint density at radius 3 is 3.00 bits per heavy atom. The van der Waals surface area contributed by atoms with Crippen LogP contribution in [0.25, 0.3) is 0 Å². The van der Waals surface area contributed by atoms with Gasteiger partial charge in [0, 0.05) is 31.8 Å². The molecule has 1 rings (SSSR count). The van der Waals surface area contributed by atoms with Gasteiger partial charge >= 0.3 is 0 Å². The Hall–Kier alpha value is -1.36. The normalized spacial score (nSPS) is 12.4. The topological polar surface area (TPSA) is 67.2 Å². The smallest absolute Gasteiger partial charge is 0.222 e. The number of rotatable bonds is 6. The summed E-state index contributed by atoms with van der Waals surface area (Å²) in [6.45, 7) is 4.53. The lowest BCUT2D eigenvalue weighted by Crippen LogP contribution is -2.33. The molecule has 0 aliphatic heterocycles. The predicted octanol–water partition coefficient (Wildman–Crippen LogP) is 0.469. The van der Waals surface area contributed by atoms with E-state index in [-0.39, 0.29) is 18.6 Å². The molecular formula is C11H19N3O2. The van der Waals surface area contributed by atoms with Gasteiger partial charge in [0.2, 0.25) is 5.91 Å². The summed E-state index contributed by atoms with van der Waals surface area (Å²) >= 11 is 0. The monoisotopic (exact) mass is 225 g/mol. The van der Waals surface area contributed by atoms with Crippen LogP contribution in [0.15, 0.2) is 12.4 Å².